The largest absolute Gasteiger partial charge is 0.487 e. The van der Waals surface area contributed by atoms with E-state index in [1.165, 1.54) is 30.5 Å². The van der Waals surface area contributed by atoms with Gasteiger partial charge in [0.25, 0.3) is 0 Å². The lowest BCUT2D eigenvalue weighted by Gasteiger charge is -2.35. The Labute approximate surface area is 174 Å². The van der Waals surface area contributed by atoms with Gasteiger partial charge in [0.2, 0.25) is 5.91 Å². The number of hydrogen-bond acceptors (Lipinski definition) is 5. The third-order valence-corrected chi connectivity index (χ3v) is 5.01. The van der Waals surface area contributed by atoms with Gasteiger partial charge in [0.1, 0.15) is 23.7 Å². The van der Waals surface area contributed by atoms with Gasteiger partial charge in [-0.1, -0.05) is 13.8 Å². The molecule has 1 amide bonds. The van der Waals surface area contributed by atoms with E-state index in [4.69, 9.17) is 4.74 Å². The van der Waals surface area contributed by atoms with E-state index >= 15 is 0 Å². The van der Waals surface area contributed by atoms with Crippen molar-refractivity contribution in [3.05, 3.63) is 53.4 Å². The highest BCUT2D eigenvalue weighted by molar-refractivity contribution is 5.88. The Balaban J connectivity index is 1.85. The van der Waals surface area contributed by atoms with Crippen LogP contribution in [0, 0.1) is 11.7 Å². The van der Waals surface area contributed by atoms with Crippen molar-refractivity contribution in [1.29, 1.82) is 0 Å². The van der Waals surface area contributed by atoms with Gasteiger partial charge in [0, 0.05) is 19.2 Å². The molecule has 7 nitrogen and oxygen atoms in total. The molecule has 1 aromatic heterocycles. The second kappa shape index (κ2) is 9.65. The van der Waals surface area contributed by atoms with Gasteiger partial charge in [-0.25, -0.2) is 19.2 Å². The van der Waals surface area contributed by atoms with Crippen LogP contribution in [0.4, 0.5) is 4.39 Å². The summed E-state index contributed by atoms with van der Waals surface area (Å²) in [5.41, 5.74) is 0.162. The number of nitrogens with zero attached hydrogens (tertiary/aromatic N) is 3. The first-order chi connectivity index (χ1) is 14.3. The first kappa shape index (κ1) is 21.7. The zero-order chi connectivity index (χ0) is 21.7. The van der Waals surface area contributed by atoms with Crippen molar-refractivity contribution in [2.45, 2.75) is 52.2 Å². The summed E-state index contributed by atoms with van der Waals surface area (Å²) in [6.45, 7) is 4.54. The average molecular weight is 415 g/mol. The minimum Gasteiger partial charge on any atom is -0.487 e. The van der Waals surface area contributed by atoms with E-state index in [1.54, 1.807) is 0 Å². The van der Waals surface area contributed by atoms with E-state index in [2.05, 4.69) is 9.97 Å². The number of amides is 1. The van der Waals surface area contributed by atoms with Crippen LogP contribution in [0.3, 0.4) is 0 Å². The van der Waals surface area contributed by atoms with Crippen molar-refractivity contribution in [3.8, 4) is 5.75 Å². The fourth-order valence-electron chi connectivity index (χ4n) is 3.53. The third kappa shape index (κ3) is 5.31. The van der Waals surface area contributed by atoms with Crippen LogP contribution < -0.4 is 4.74 Å². The van der Waals surface area contributed by atoms with Crippen molar-refractivity contribution < 1.29 is 23.8 Å². The number of ether oxygens (including phenoxy) is 1. The Kier molecular flexibility index (Phi) is 6.97. The number of halogens is 1. The average Bonchev–Trinajstić information content (AvgIpc) is 2.72. The monoisotopic (exact) mass is 415 g/mol. The highest BCUT2D eigenvalue weighted by Gasteiger charge is 2.31. The maximum absolute atomic E-state index is 13.1. The van der Waals surface area contributed by atoms with Crippen LogP contribution in [0.25, 0.3) is 0 Å². The van der Waals surface area contributed by atoms with E-state index in [1.807, 2.05) is 18.7 Å². The molecule has 1 aliphatic rings. The predicted molar refractivity (Wildman–Crippen MR) is 107 cm³/mol. The standard InChI is InChI=1S/C22H26FN3O4/c1-14(2)11-20(27)26-10-4-3-5-19(26)21-24-12-17(22(28)29)18(25-21)13-30-16-8-6-15(23)7-9-16/h6-9,12,14,19H,3-5,10-11,13H2,1-2H3,(H,28,29)/t19-/m1/s1. The molecule has 1 saturated heterocycles. The maximum atomic E-state index is 13.1. The normalized spacial score (nSPS) is 16.5. The highest BCUT2D eigenvalue weighted by Crippen LogP contribution is 2.30. The fraction of sp³-hybridized carbons (Fsp3) is 0.455. The van der Waals surface area contributed by atoms with Crippen LogP contribution in [0.1, 0.15) is 67.4 Å². The predicted octanol–water partition coefficient (Wildman–Crippen LogP) is 3.99. The van der Waals surface area contributed by atoms with Crippen LogP contribution in [0.15, 0.2) is 30.5 Å². The number of piperidine rings is 1. The van der Waals surface area contributed by atoms with Crippen LogP contribution >= 0.6 is 0 Å². The van der Waals surface area contributed by atoms with Crippen molar-refractivity contribution in [2.75, 3.05) is 6.54 Å². The molecule has 1 aromatic carbocycles. The van der Waals surface area contributed by atoms with Gasteiger partial charge in [0.15, 0.2) is 5.82 Å². The number of rotatable bonds is 7. The molecule has 1 fully saturated rings. The molecule has 1 atom stereocenters. The fourth-order valence-corrected chi connectivity index (χ4v) is 3.53. The van der Waals surface area contributed by atoms with Crippen molar-refractivity contribution in [1.82, 2.24) is 14.9 Å². The van der Waals surface area contributed by atoms with Crippen molar-refractivity contribution >= 4 is 11.9 Å². The Morgan fingerprint density at radius 2 is 2.00 bits per heavy atom. The zero-order valence-electron chi connectivity index (χ0n) is 17.2. The highest BCUT2D eigenvalue weighted by atomic mass is 19.1. The van der Waals surface area contributed by atoms with Gasteiger partial charge >= 0.3 is 5.97 Å². The summed E-state index contributed by atoms with van der Waals surface area (Å²) in [7, 11) is 0. The van der Waals surface area contributed by atoms with E-state index in [-0.39, 0.29) is 41.5 Å². The van der Waals surface area contributed by atoms with Gasteiger partial charge in [-0.15, -0.1) is 0 Å². The molecule has 0 aliphatic carbocycles. The molecule has 8 heteroatoms. The molecular formula is C22H26FN3O4. The first-order valence-electron chi connectivity index (χ1n) is 10.1. The number of hydrogen-bond donors (Lipinski definition) is 1. The quantitative estimate of drug-likeness (QED) is 0.735. The van der Waals surface area contributed by atoms with Gasteiger partial charge < -0.3 is 14.7 Å². The molecule has 2 heterocycles. The lowest BCUT2D eigenvalue weighted by Crippen LogP contribution is -2.40. The molecule has 0 spiro atoms. The van der Waals surface area contributed by atoms with E-state index in [9.17, 15) is 19.1 Å². The van der Waals surface area contributed by atoms with Crippen LogP contribution in [0.5, 0.6) is 5.75 Å². The molecule has 160 valence electrons. The van der Waals surface area contributed by atoms with E-state index in [0.717, 1.165) is 19.3 Å². The maximum Gasteiger partial charge on any atom is 0.339 e. The molecular weight excluding hydrogens is 389 g/mol. The van der Waals surface area contributed by atoms with Crippen molar-refractivity contribution in [2.24, 2.45) is 5.92 Å². The zero-order valence-corrected chi connectivity index (χ0v) is 17.2. The summed E-state index contributed by atoms with van der Waals surface area (Å²) >= 11 is 0. The summed E-state index contributed by atoms with van der Waals surface area (Å²) in [5, 5.41) is 9.49. The number of carbonyl (C=O) groups is 2. The van der Waals surface area contributed by atoms with Crippen LogP contribution in [0.2, 0.25) is 0 Å². The number of carboxylic acids is 1. The molecule has 0 bridgehead atoms. The smallest absolute Gasteiger partial charge is 0.339 e. The minimum atomic E-state index is -1.16. The summed E-state index contributed by atoms with van der Waals surface area (Å²) in [4.78, 5) is 34.9. The minimum absolute atomic E-state index is 0.0586. The van der Waals surface area contributed by atoms with Gasteiger partial charge in [0.05, 0.1) is 11.7 Å². The van der Waals surface area contributed by atoms with Crippen molar-refractivity contribution in [3.63, 3.8) is 0 Å². The number of aromatic nitrogens is 2. The molecule has 1 N–H and O–H groups in total. The molecule has 1 aliphatic heterocycles. The second-order valence-corrected chi connectivity index (χ2v) is 7.83. The Morgan fingerprint density at radius 1 is 1.27 bits per heavy atom. The number of benzene rings is 1. The lowest BCUT2D eigenvalue weighted by molar-refractivity contribution is -0.136. The summed E-state index contributed by atoms with van der Waals surface area (Å²) in [5.74, 6) is -0.411. The summed E-state index contributed by atoms with van der Waals surface area (Å²) in [6, 6.07) is 5.17. The van der Waals surface area contributed by atoms with Gasteiger partial charge in [-0.05, 0) is 49.4 Å². The summed E-state index contributed by atoms with van der Waals surface area (Å²) in [6.07, 6.45) is 4.32. The number of likely N-dealkylation sites (tertiary alicyclic amines) is 1. The molecule has 3 rings (SSSR count). The van der Waals surface area contributed by atoms with Gasteiger partial charge in [-0.2, -0.15) is 0 Å². The van der Waals surface area contributed by atoms with Crippen LogP contribution in [-0.2, 0) is 11.4 Å². The topological polar surface area (TPSA) is 92.6 Å². The molecule has 0 unspecified atom stereocenters. The van der Waals surface area contributed by atoms with Gasteiger partial charge in [-0.3, -0.25) is 4.79 Å². The SMILES string of the molecule is CC(C)CC(=O)N1CCCC[C@@H]1c1ncc(C(=O)O)c(COc2ccc(F)cc2)n1. The van der Waals surface area contributed by atoms with Crippen LogP contribution in [-0.4, -0.2) is 38.4 Å². The lowest BCUT2D eigenvalue weighted by atomic mass is 9.99. The number of aromatic carboxylic acids is 1. The molecule has 2 aromatic rings. The Morgan fingerprint density at radius 3 is 2.67 bits per heavy atom. The van der Waals surface area contributed by atoms with E-state index in [0.29, 0.717) is 24.5 Å². The number of carbonyl (C=O) groups excluding carboxylic acids is 1. The Bertz CT molecular complexity index is 902. The third-order valence-electron chi connectivity index (χ3n) is 5.01. The molecule has 0 saturated carbocycles. The first-order valence-corrected chi connectivity index (χ1v) is 10.1. The summed E-state index contributed by atoms with van der Waals surface area (Å²) < 4.78 is 18.7. The molecule has 30 heavy (non-hydrogen) atoms. The van der Waals surface area contributed by atoms with E-state index < -0.39 is 5.97 Å². The Hall–Kier alpha value is -3.03. The molecule has 0 radical (unpaired) electrons. The second-order valence-electron chi connectivity index (χ2n) is 7.83. The number of carboxylic acid groups (broad SMARTS) is 1.